The molecule has 0 spiro atoms. The van der Waals surface area contributed by atoms with Crippen LogP contribution in [0.25, 0.3) is 0 Å². The monoisotopic (exact) mass is 210 g/mol. The average Bonchev–Trinajstić information content (AvgIpc) is 2.21. The second-order valence-corrected chi connectivity index (χ2v) is 2.99. The highest BCUT2D eigenvalue weighted by atomic mass is 24.3. The fourth-order valence-corrected chi connectivity index (χ4v) is 0.962. The fraction of sp³-hybridized carbons (Fsp3) is 0.0769. The molecule has 0 aromatic heterocycles. The van der Waals surface area contributed by atoms with Crippen LogP contribution in [0.4, 0.5) is 0 Å². The molecule has 2 aromatic rings. The molecule has 0 heterocycles. The van der Waals surface area contributed by atoms with E-state index in [2.05, 4.69) is 19.1 Å². The van der Waals surface area contributed by atoms with E-state index in [9.17, 15) is 0 Å². The van der Waals surface area contributed by atoms with E-state index in [0.29, 0.717) is 5.75 Å². The summed E-state index contributed by atoms with van der Waals surface area (Å²) < 4.78 is 0. The number of hydrogen-bond donors (Lipinski definition) is 1. The summed E-state index contributed by atoms with van der Waals surface area (Å²) in [5.41, 5.74) is 1.32. The van der Waals surface area contributed by atoms with Crippen molar-refractivity contribution in [1.82, 2.24) is 0 Å². The average molecular weight is 211 g/mol. The van der Waals surface area contributed by atoms with Gasteiger partial charge < -0.3 is 5.11 Å². The molecule has 0 amide bonds. The molecular weight excluding hydrogens is 196 g/mol. The first-order valence-corrected chi connectivity index (χ1v) is 4.54. The second-order valence-electron chi connectivity index (χ2n) is 2.99. The summed E-state index contributed by atoms with van der Waals surface area (Å²) in [4.78, 5) is 0. The number of hydrogen-bond acceptors (Lipinski definition) is 1. The number of benzene rings is 2. The van der Waals surface area contributed by atoms with Gasteiger partial charge in [-0.25, -0.2) is 0 Å². The summed E-state index contributed by atoms with van der Waals surface area (Å²) in [5.74, 6) is 0.322. The van der Waals surface area contributed by atoms with Gasteiger partial charge in [-0.1, -0.05) is 54.1 Å². The Bertz CT molecular complexity index is 308. The molecule has 0 fully saturated rings. The normalized spacial score (nSPS) is 8.07. The summed E-state index contributed by atoms with van der Waals surface area (Å²) in [5, 5.41) is 8.63. The fourth-order valence-electron chi connectivity index (χ4n) is 0.962. The predicted octanol–water partition coefficient (Wildman–Crippen LogP) is 3.01. The largest absolute Gasteiger partial charge is 0.508 e. The Balaban J connectivity index is 0.000000245. The van der Waals surface area contributed by atoms with Crippen LogP contribution in [0.3, 0.4) is 0 Å². The van der Waals surface area contributed by atoms with Crippen molar-refractivity contribution in [3.63, 3.8) is 0 Å². The molecule has 0 aliphatic carbocycles. The van der Waals surface area contributed by atoms with Crippen LogP contribution in [0.5, 0.6) is 5.75 Å². The van der Waals surface area contributed by atoms with Crippen molar-refractivity contribution in [2.45, 2.75) is 6.92 Å². The third-order valence-corrected chi connectivity index (χ3v) is 1.70. The van der Waals surface area contributed by atoms with Gasteiger partial charge in [-0.2, -0.15) is 0 Å². The Labute approximate surface area is 107 Å². The number of phenolic OH excluding ortho intramolecular Hbond substituents is 1. The van der Waals surface area contributed by atoms with Gasteiger partial charge in [0.15, 0.2) is 0 Å². The van der Waals surface area contributed by atoms with Crippen molar-refractivity contribution < 1.29 is 5.11 Å². The van der Waals surface area contributed by atoms with Gasteiger partial charge in [0.25, 0.3) is 0 Å². The molecule has 0 atom stereocenters. The quantitative estimate of drug-likeness (QED) is 0.663. The van der Waals surface area contributed by atoms with E-state index in [-0.39, 0.29) is 23.1 Å². The van der Waals surface area contributed by atoms with Crippen molar-refractivity contribution in [1.29, 1.82) is 0 Å². The first kappa shape index (κ1) is 14.0. The molecule has 0 aliphatic heterocycles. The molecule has 0 saturated carbocycles. The molecule has 0 unspecified atom stereocenters. The first-order valence-electron chi connectivity index (χ1n) is 4.54. The Morgan fingerprint density at radius 2 is 1.13 bits per heavy atom. The van der Waals surface area contributed by atoms with Crippen LogP contribution in [-0.2, 0) is 0 Å². The number of phenols is 1. The summed E-state index contributed by atoms with van der Waals surface area (Å²) in [6.07, 6.45) is 0. The maximum absolute atomic E-state index is 8.63. The van der Waals surface area contributed by atoms with E-state index >= 15 is 0 Å². The SMILES string of the molecule is Cc1ccccc1.Oc1ccccc1.[Mg]. The summed E-state index contributed by atoms with van der Waals surface area (Å²) in [6.45, 7) is 2.08. The molecule has 1 nitrogen and oxygen atoms in total. The summed E-state index contributed by atoms with van der Waals surface area (Å²) in [7, 11) is 0. The zero-order valence-corrected chi connectivity index (χ0v) is 10.3. The molecule has 0 aliphatic rings. The van der Waals surface area contributed by atoms with Crippen LogP contribution in [0, 0.1) is 6.92 Å². The minimum absolute atomic E-state index is 0. The smallest absolute Gasteiger partial charge is 0.115 e. The zero-order chi connectivity index (χ0) is 10.2. The molecule has 0 saturated heterocycles. The van der Waals surface area contributed by atoms with E-state index in [4.69, 9.17) is 5.11 Å². The standard InChI is InChI=1S/C7H8.C6H6O.Mg/c1-7-5-3-2-4-6-7;7-6-4-2-1-3-5-6;/h2-6H,1H3;1-5,7H;. The van der Waals surface area contributed by atoms with Gasteiger partial charge in [0, 0.05) is 23.1 Å². The third kappa shape index (κ3) is 7.00. The van der Waals surface area contributed by atoms with E-state index in [1.807, 2.05) is 24.3 Å². The molecule has 2 heteroatoms. The first-order chi connectivity index (χ1) is 6.79. The molecule has 2 radical (unpaired) electrons. The number of aryl methyl sites for hydroxylation is 1. The third-order valence-electron chi connectivity index (χ3n) is 1.70. The van der Waals surface area contributed by atoms with Crippen molar-refractivity contribution in [3.05, 3.63) is 66.2 Å². The van der Waals surface area contributed by atoms with Crippen LogP contribution < -0.4 is 0 Å². The molecule has 74 valence electrons. The van der Waals surface area contributed by atoms with E-state index in [0.717, 1.165) is 0 Å². The zero-order valence-electron chi connectivity index (χ0n) is 8.93. The lowest BCUT2D eigenvalue weighted by Gasteiger charge is -1.82. The van der Waals surface area contributed by atoms with Gasteiger partial charge in [0.05, 0.1) is 0 Å². The Kier molecular flexibility index (Phi) is 7.77. The predicted molar refractivity (Wildman–Crippen MR) is 65.0 cm³/mol. The van der Waals surface area contributed by atoms with Gasteiger partial charge in [0.2, 0.25) is 0 Å². The molecule has 15 heavy (non-hydrogen) atoms. The highest BCUT2D eigenvalue weighted by Gasteiger charge is 1.74. The van der Waals surface area contributed by atoms with Crippen molar-refractivity contribution in [2.75, 3.05) is 0 Å². The van der Waals surface area contributed by atoms with Crippen LogP contribution in [0.2, 0.25) is 0 Å². The van der Waals surface area contributed by atoms with Crippen molar-refractivity contribution >= 4 is 23.1 Å². The van der Waals surface area contributed by atoms with Crippen LogP contribution in [0.1, 0.15) is 5.56 Å². The number of aromatic hydroxyl groups is 1. The second kappa shape index (κ2) is 8.33. The molecule has 0 bridgehead atoms. The number of rotatable bonds is 0. The molecule has 2 aromatic carbocycles. The minimum Gasteiger partial charge on any atom is -0.508 e. The molecule has 1 N–H and O–H groups in total. The lowest BCUT2D eigenvalue weighted by Crippen LogP contribution is -1.62. The summed E-state index contributed by atoms with van der Waals surface area (Å²) >= 11 is 0. The number of para-hydroxylation sites is 1. The Hall–Kier alpha value is -0.994. The minimum atomic E-state index is 0. The van der Waals surface area contributed by atoms with E-state index in [1.54, 1.807) is 24.3 Å². The van der Waals surface area contributed by atoms with E-state index in [1.165, 1.54) is 5.56 Å². The lowest BCUT2D eigenvalue weighted by atomic mass is 10.2. The lowest BCUT2D eigenvalue weighted by molar-refractivity contribution is 0.475. The van der Waals surface area contributed by atoms with Crippen LogP contribution in [0.15, 0.2) is 60.7 Å². The maximum atomic E-state index is 8.63. The highest BCUT2D eigenvalue weighted by molar-refractivity contribution is 5.75. The van der Waals surface area contributed by atoms with Crippen molar-refractivity contribution in [3.8, 4) is 5.75 Å². The van der Waals surface area contributed by atoms with Gasteiger partial charge in [0.1, 0.15) is 5.75 Å². The topological polar surface area (TPSA) is 20.2 Å². The Morgan fingerprint density at radius 1 is 0.733 bits per heavy atom. The molecular formula is C13H14MgO. The van der Waals surface area contributed by atoms with Crippen molar-refractivity contribution in [2.24, 2.45) is 0 Å². The summed E-state index contributed by atoms with van der Waals surface area (Å²) in [6, 6.07) is 19.0. The van der Waals surface area contributed by atoms with Crippen LogP contribution >= 0.6 is 0 Å². The van der Waals surface area contributed by atoms with Gasteiger partial charge >= 0.3 is 0 Å². The highest BCUT2D eigenvalue weighted by Crippen LogP contribution is 2.02. The van der Waals surface area contributed by atoms with Gasteiger partial charge in [-0.3, -0.25) is 0 Å². The Morgan fingerprint density at radius 3 is 1.33 bits per heavy atom. The van der Waals surface area contributed by atoms with E-state index < -0.39 is 0 Å². The van der Waals surface area contributed by atoms with Gasteiger partial charge in [-0.05, 0) is 19.1 Å². The maximum Gasteiger partial charge on any atom is 0.115 e. The van der Waals surface area contributed by atoms with Gasteiger partial charge in [-0.15, -0.1) is 0 Å². The molecule has 2 rings (SSSR count). The van der Waals surface area contributed by atoms with Crippen LogP contribution in [-0.4, -0.2) is 28.2 Å².